The van der Waals surface area contributed by atoms with Crippen molar-refractivity contribution in [1.29, 1.82) is 0 Å². The van der Waals surface area contributed by atoms with Crippen LogP contribution in [0.5, 0.6) is 0 Å². The van der Waals surface area contributed by atoms with Gasteiger partial charge in [-0.25, -0.2) is 0 Å². The highest BCUT2D eigenvalue weighted by Gasteiger charge is 2.30. The first-order valence-electron chi connectivity index (χ1n) is 8.12. The Labute approximate surface area is 124 Å². The highest BCUT2D eigenvalue weighted by atomic mass is 15.1. The molecule has 3 atom stereocenters. The Morgan fingerprint density at radius 1 is 1.15 bits per heavy atom. The predicted octanol–water partition coefficient (Wildman–Crippen LogP) is 4.23. The fourth-order valence-corrected chi connectivity index (χ4v) is 3.79. The minimum Gasteiger partial charge on any atom is -0.378 e. The Bertz CT molecular complexity index is 396. The summed E-state index contributed by atoms with van der Waals surface area (Å²) in [7, 11) is 6.31. The first-order valence-corrected chi connectivity index (χ1v) is 8.12. The monoisotopic (exact) mass is 274 g/mol. The number of hydrogen-bond acceptors (Lipinski definition) is 2. The van der Waals surface area contributed by atoms with Crippen molar-refractivity contribution in [3.05, 3.63) is 29.8 Å². The summed E-state index contributed by atoms with van der Waals surface area (Å²) >= 11 is 0. The summed E-state index contributed by atoms with van der Waals surface area (Å²) in [5.74, 6) is 1.68. The standard InChI is InChI=1S/C18H30N2/c1-5-14-8-6-7-9-17(14)18(19-2)15-10-12-16(13-11-15)20(3)4/h10-14,17-19H,5-9H2,1-4H3. The Morgan fingerprint density at radius 2 is 1.80 bits per heavy atom. The van der Waals surface area contributed by atoms with Crippen LogP contribution in [0.1, 0.15) is 50.6 Å². The second-order valence-electron chi connectivity index (χ2n) is 6.37. The normalized spacial score (nSPS) is 24.4. The molecule has 2 heteroatoms. The van der Waals surface area contributed by atoms with Crippen LogP contribution >= 0.6 is 0 Å². The van der Waals surface area contributed by atoms with E-state index >= 15 is 0 Å². The molecule has 3 unspecified atom stereocenters. The van der Waals surface area contributed by atoms with Crippen molar-refractivity contribution < 1.29 is 0 Å². The molecule has 1 saturated carbocycles. The van der Waals surface area contributed by atoms with Crippen molar-refractivity contribution in [2.24, 2.45) is 11.8 Å². The molecule has 1 aromatic carbocycles. The van der Waals surface area contributed by atoms with Gasteiger partial charge in [0.05, 0.1) is 0 Å². The summed E-state index contributed by atoms with van der Waals surface area (Å²) in [6.07, 6.45) is 6.92. The summed E-state index contributed by atoms with van der Waals surface area (Å²) in [4.78, 5) is 2.16. The molecular formula is C18H30N2. The third kappa shape index (κ3) is 3.35. The molecule has 1 aliphatic carbocycles. The minimum absolute atomic E-state index is 0.511. The quantitative estimate of drug-likeness (QED) is 0.864. The molecule has 0 aromatic heterocycles. The van der Waals surface area contributed by atoms with Gasteiger partial charge < -0.3 is 10.2 Å². The topological polar surface area (TPSA) is 15.3 Å². The van der Waals surface area contributed by atoms with Gasteiger partial charge in [0.25, 0.3) is 0 Å². The zero-order chi connectivity index (χ0) is 14.5. The number of hydrogen-bond donors (Lipinski definition) is 1. The molecule has 1 fully saturated rings. The summed E-state index contributed by atoms with van der Waals surface area (Å²) in [5, 5.41) is 3.59. The first kappa shape index (κ1) is 15.4. The molecule has 0 saturated heterocycles. The smallest absolute Gasteiger partial charge is 0.0361 e. The second kappa shape index (κ2) is 7.12. The maximum absolute atomic E-state index is 3.59. The molecule has 2 rings (SSSR count). The van der Waals surface area contributed by atoms with Gasteiger partial charge in [-0.2, -0.15) is 0 Å². The van der Waals surface area contributed by atoms with Crippen molar-refractivity contribution in [3.8, 4) is 0 Å². The van der Waals surface area contributed by atoms with Gasteiger partial charge in [-0.15, -0.1) is 0 Å². The van der Waals surface area contributed by atoms with E-state index in [1.807, 2.05) is 0 Å². The van der Waals surface area contributed by atoms with E-state index < -0.39 is 0 Å². The zero-order valence-electron chi connectivity index (χ0n) is 13.5. The zero-order valence-corrected chi connectivity index (χ0v) is 13.5. The van der Waals surface area contributed by atoms with E-state index in [1.165, 1.54) is 43.4 Å². The average molecular weight is 274 g/mol. The van der Waals surface area contributed by atoms with Gasteiger partial charge in [0.15, 0.2) is 0 Å². The van der Waals surface area contributed by atoms with Crippen LogP contribution in [0.3, 0.4) is 0 Å². The van der Waals surface area contributed by atoms with Gasteiger partial charge in [-0.3, -0.25) is 0 Å². The molecule has 0 bridgehead atoms. The van der Waals surface area contributed by atoms with Crippen LogP contribution in [-0.2, 0) is 0 Å². The molecule has 1 aromatic rings. The third-order valence-corrected chi connectivity index (χ3v) is 5.00. The lowest BCUT2D eigenvalue weighted by Crippen LogP contribution is -2.32. The average Bonchev–Trinajstić information content (AvgIpc) is 2.49. The molecule has 0 radical (unpaired) electrons. The number of anilines is 1. The maximum atomic E-state index is 3.59. The summed E-state index contributed by atoms with van der Waals surface area (Å²) < 4.78 is 0. The van der Waals surface area contributed by atoms with E-state index in [2.05, 4.69) is 62.5 Å². The van der Waals surface area contributed by atoms with E-state index in [9.17, 15) is 0 Å². The van der Waals surface area contributed by atoms with Crippen LogP contribution in [-0.4, -0.2) is 21.1 Å². The minimum atomic E-state index is 0.511. The SMILES string of the molecule is CCC1CCCCC1C(NC)c1ccc(N(C)C)cc1. The molecule has 1 N–H and O–H groups in total. The van der Waals surface area contributed by atoms with Crippen molar-refractivity contribution in [3.63, 3.8) is 0 Å². The van der Waals surface area contributed by atoms with Gasteiger partial charge in [0.2, 0.25) is 0 Å². The lowest BCUT2D eigenvalue weighted by molar-refractivity contribution is 0.180. The Hall–Kier alpha value is -1.02. The summed E-state index contributed by atoms with van der Waals surface area (Å²) in [6, 6.07) is 9.60. The van der Waals surface area contributed by atoms with Crippen molar-refractivity contribution in [2.45, 2.75) is 45.1 Å². The predicted molar refractivity (Wildman–Crippen MR) is 88.3 cm³/mol. The highest BCUT2D eigenvalue weighted by Crippen LogP contribution is 2.40. The van der Waals surface area contributed by atoms with E-state index in [0.717, 1.165) is 11.8 Å². The van der Waals surface area contributed by atoms with Crippen LogP contribution in [0.4, 0.5) is 5.69 Å². The summed E-state index contributed by atoms with van der Waals surface area (Å²) in [5.41, 5.74) is 2.72. The highest BCUT2D eigenvalue weighted by molar-refractivity contribution is 5.46. The number of benzene rings is 1. The molecule has 20 heavy (non-hydrogen) atoms. The molecule has 0 amide bonds. The number of nitrogens with zero attached hydrogens (tertiary/aromatic N) is 1. The Balaban J connectivity index is 2.17. The van der Waals surface area contributed by atoms with E-state index in [-0.39, 0.29) is 0 Å². The number of rotatable bonds is 5. The maximum Gasteiger partial charge on any atom is 0.0361 e. The van der Waals surface area contributed by atoms with Crippen LogP contribution in [0.15, 0.2) is 24.3 Å². The second-order valence-corrected chi connectivity index (χ2v) is 6.37. The van der Waals surface area contributed by atoms with Crippen LogP contribution in [0.25, 0.3) is 0 Å². The van der Waals surface area contributed by atoms with Gasteiger partial charge in [-0.05, 0) is 43.0 Å². The fourth-order valence-electron chi connectivity index (χ4n) is 3.79. The van der Waals surface area contributed by atoms with Gasteiger partial charge in [-0.1, -0.05) is 44.7 Å². The van der Waals surface area contributed by atoms with Crippen LogP contribution in [0.2, 0.25) is 0 Å². The van der Waals surface area contributed by atoms with Crippen molar-refractivity contribution in [1.82, 2.24) is 5.32 Å². The molecule has 1 aliphatic rings. The molecule has 0 heterocycles. The molecule has 2 nitrogen and oxygen atoms in total. The van der Waals surface area contributed by atoms with Crippen LogP contribution in [0, 0.1) is 11.8 Å². The van der Waals surface area contributed by atoms with Crippen molar-refractivity contribution in [2.75, 3.05) is 26.0 Å². The van der Waals surface area contributed by atoms with Crippen LogP contribution < -0.4 is 10.2 Å². The Kier molecular flexibility index (Phi) is 5.47. The van der Waals surface area contributed by atoms with E-state index in [4.69, 9.17) is 0 Å². The molecular weight excluding hydrogens is 244 g/mol. The number of nitrogens with one attached hydrogen (secondary N) is 1. The molecule has 112 valence electrons. The van der Waals surface area contributed by atoms with E-state index in [0.29, 0.717) is 6.04 Å². The molecule has 0 aliphatic heterocycles. The van der Waals surface area contributed by atoms with Gasteiger partial charge >= 0.3 is 0 Å². The fraction of sp³-hybridized carbons (Fsp3) is 0.667. The van der Waals surface area contributed by atoms with Crippen molar-refractivity contribution >= 4 is 5.69 Å². The molecule has 0 spiro atoms. The lowest BCUT2D eigenvalue weighted by atomic mass is 9.72. The largest absolute Gasteiger partial charge is 0.378 e. The summed E-state index contributed by atoms with van der Waals surface area (Å²) in [6.45, 7) is 2.35. The Morgan fingerprint density at radius 3 is 2.35 bits per heavy atom. The third-order valence-electron chi connectivity index (χ3n) is 5.00. The van der Waals surface area contributed by atoms with Gasteiger partial charge in [0.1, 0.15) is 0 Å². The first-order chi connectivity index (χ1) is 9.67. The lowest BCUT2D eigenvalue weighted by Gasteiger charge is -2.37. The van der Waals surface area contributed by atoms with Gasteiger partial charge in [0, 0.05) is 25.8 Å². The van der Waals surface area contributed by atoms with E-state index in [1.54, 1.807) is 0 Å².